The zero-order valence-corrected chi connectivity index (χ0v) is 32.0. The van der Waals surface area contributed by atoms with Crippen LogP contribution in [0.4, 0.5) is 31.1 Å². The fourth-order valence-corrected chi connectivity index (χ4v) is 5.06. The Hall–Kier alpha value is -5.30. The number of alkyl carbamates (subject to hydrolysis) is 1. The van der Waals surface area contributed by atoms with Gasteiger partial charge in [-0.05, 0) is 92.1 Å². The summed E-state index contributed by atoms with van der Waals surface area (Å²) in [5.74, 6) is -6.37. The molecule has 328 valence electrons. The number of amides is 1. The van der Waals surface area contributed by atoms with E-state index >= 15 is 0 Å². The van der Waals surface area contributed by atoms with Gasteiger partial charge in [-0.3, -0.25) is 9.59 Å². The van der Waals surface area contributed by atoms with Crippen LogP contribution in [0.2, 0.25) is 0 Å². The maximum absolute atomic E-state index is 11.6. The molecule has 2 aromatic carbocycles. The molecule has 0 aromatic heterocycles. The first kappa shape index (κ1) is 51.7. The molecular formula is C33H42B2F6N2O16. The number of aryl methyl sites for hydroxylation is 2. The zero-order valence-electron chi connectivity index (χ0n) is 32.0. The number of carbonyl (C=O) groups is 5. The molecule has 26 heteroatoms. The molecule has 2 aliphatic rings. The van der Waals surface area contributed by atoms with Crippen molar-refractivity contribution >= 4 is 55.1 Å². The zero-order chi connectivity index (χ0) is 45.6. The molecule has 4 rings (SSSR count). The van der Waals surface area contributed by atoms with E-state index in [0.717, 1.165) is 16.7 Å². The molecule has 0 spiro atoms. The lowest BCUT2D eigenvalue weighted by atomic mass is 9.77. The Morgan fingerprint density at radius 3 is 1.37 bits per heavy atom. The number of fused-ring (bicyclic) bond motifs is 2. The van der Waals surface area contributed by atoms with Crippen molar-refractivity contribution in [3.8, 4) is 11.5 Å². The number of alkyl halides is 6. The van der Waals surface area contributed by atoms with Crippen LogP contribution < -0.4 is 31.4 Å². The first-order valence-electron chi connectivity index (χ1n) is 16.9. The van der Waals surface area contributed by atoms with Crippen LogP contribution in [0.15, 0.2) is 24.3 Å². The number of nitrogens with two attached hydrogens (primary N) is 1. The van der Waals surface area contributed by atoms with E-state index in [2.05, 4.69) is 5.32 Å². The van der Waals surface area contributed by atoms with Gasteiger partial charge in [0.1, 0.15) is 30.3 Å². The van der Waals surface area contributed by atoms with Crippen LogP contribution in [0.3, 0.4) is 0 Å². The number of ether oxygens (including phenoxy) is 3. The molecular weight excluding hydrogens is 816 g/mol. The molecule has 0 radical (unpaired) electrons. The van der Waals surface area contributed by atoms with Crippen molar-refractivity contribution in [2.45, 2.75) is 77.6 Å². The number of carboxylic acid groups (broad SMARTS) is 4. The van der Waals surface area contributed by atoms with E-state index in [0.29, 0.717) is 41.1 Å². The second kappa shape index (κ2) is 22.2. The number of aliphatic carboxylic acids is 4. The van der Waals surface area contributed by atoms with E-state index < -0.39 is 74.4 Å². The lowest BCUT2D eigenvalue weighted by Gasteiger charge is -2.19. The van der Waals surface area contributed by atoms with Crippen molar-refractivity contribution in [3.63, 3.8) is 0 Å². The lowest BCUT2D eigenvalue weighted by molar-refractivity contribution is -0.193. The van der Waals surface area contributed by atoms with Crippen molar-refractivity contribution < 1.29 is 104 Å². The van der Waals surface area contributed by atoms with Crippen LogP contribution in [-0.2, 0) is 33.2 Å². The van der Waals surface area contributed by atoms with E-state index in [1.807, 2.05) is 6.92 Å². The minimum Gasteiger partial charge on any atom is -0.492 e. The van der Waals surface area contributed by atoms with E-state index in [4.69, 9.17) is 59.3 Å². The van der Waals surface area contributed by atoms with Crippen molar-refractivity contribution in [2.24, 2.45) is 5.73 Å². The number of carbonyl (C=O) groups excluding carboxylic acids is 1. The number of carboxylic acids is 4. The van der Waals surface area contributed by atoms with Gasteiger partial charge >= 0.3 is 56.6 Å². The Bertz CT molecular complexity index is 1770. The normalized spacial score (nSPS) is 15.4. The molecule has 59 heavy (non-hydrogen) atoms. The second-order valence-electron chi connectivity index (χ2n) is 13.2. The van der Waals surface area contributed by atoms with E-state index in [-0.39, 0.29) is 26.0 Å². The predicted octanol–water partition coefficient (Wildman–Crippen LogP) is 1.96. The monoisotopic (exact) mass is 858 g/mol. The summed E-state index contributed by atoms with van der Waals surface area (Å²) in [7, 11) is -2.30. The molecule has 0 bridgehead atoms. The average molecular weight is 858 g/mol. The standard InChI is InChI=1S/C17H24BNO7.C12H16BNO5.2C2HF3O2/c1-10-7-11(24-6-5-19-16(22)25-17(2,3)4)8-12-15(10)13(9-14(20)21)26-18(12)23;1-7-4-8(18-3-2-14)5-9-12(7)10(6-11(15)16)19-13(9)17;2*3-2(4,5)1(6)7/h7-8,13,23H,5-6,9H2,1-4H3,(H,19,22)(H,20,21);4-5,10,17H,2-3,6,14H2,1H3,(H,15,16);2*(H,6,7). The summed E-state index contributed by atoms with van der Waals surface area (Å²) in [6.45, 7) is 10.2. The quantitative estimate of drug-likeness (QED) is 0.0910. The molecule has 18 nitrogen and oxygen atoms in total. The smallest absolute Gasteiger partial charge is 0.492 e. The molecule has 2 unspecified atom stereocenters. The van der Waals surface area contributed by atoms with Crippen molar-refractivity contribution in [3.05, 3.63) is 46.5 Å². The van der Waals surface area contributed by atoms with Gasteiger partial charge in [-0.1, -0.05) is 0 Å². The number of hydrogen-bond acceptors (Lipinski definition) is 13. The summed E-state index contributed by atoms with van der Waals surface area (Å²) in [4.78, 5) is 51.1. The summed E-state index contributed by atoms with van der Waals surface area (Å²) in [6.07, 6.45) is -12.4. The number of benzene rings is 2. The maximum atomic E-state index is 11.6. The summed E-state index contributed by atoms with van der Waals surface area (Å²) < 4.78 is 90.2. The van der Waals surface area contributed by atoms with Crippen LogP contribution >= 0.6 is 0 Å². The Morgan fingerprint density at radius 1 is 0.712 bits per heavy atom. The largest absolute Gasteiger partial charge is 0.492 e. The summed E-state index contributed by atoms with van der Waals surface area (Å²) in [5.41, 5.74) is 8.91. The van der Waals surface area contributed by atoms with Gasteiger partial charge in [0.2, 0.25) is 0 Å². The molecule has 1 amide bonds. The fourth-order valence-electron chi connectivity index (χ4n) is 5.06. The fraction of sp³-hybridized carbons (Fsp3) is 0.485. The molecule has 0 saturated heterocycles. The van der Waals surface area contributed by atoms with Crippen molar-refractivity contribution in [1.29, 1.82) is 0 Å². The molecule has 0 fully saturated rings. The van der Waals surface area contributed by atoms with E-state index in [1.165, 1.54) is 0 Å². The molecule has 9 N–H and O–H groups in total. The van der Waals surface area contributed by atoms with Gasteiger partial charge in [0, 0.05) is 6.54 Å². The first-order chi connectivity index (χ1) is 27.0. The van der Waals surface area contributed by atoms with E-state index in [9.17, 15) is 50.8 Å². The summed E-state index contributed by atoms with van der Waals surface area (Å²) in [5, 5.41) is 54.5. The van der Waals surface area contributed by atoms with Crippen LogP contribution in [0.25, 0.3) is 0 Å². The predicted molar refractivity (Wildman–Crippen MR) is 191 cm³/mol. The van der Waals surface area contributed by atoms with Gasteiger partial charge in [0.05, 0.1) is 31.6 Å². The second-order valence-corrected chi connectivity index (χ2v) is 13.2. The van der Waals surface area contributed by atoms with E-state index in [1.54, 1.807) is 52.0 Å². The van der Waals surface area contributed by atoms with Gasteiger partial charge in [-0.25, -0.2) is 14.4 Å². The van der Waals surface area contributed by atoms with Crippen molar-refractivity contribution in [2.75, 3.05) is 26.3 Å². The third-order valence-electron chi connectivity index (χ3n) is 7.18. The lowest BCUT2D eigenvalue weighted by Crippen LogP contribution is -2.34. The van der Waals surface area contributed by atoms with Gasteiger partial charge in [0.15, 0.2) is 0 Å². The first-order valence-corrected chi connectivity index (χ1v) is 16.9. The summed E-state index contributed by atoms with van der Waals surface area (Å²) in [6, 6.07) is 6.85. The Kier molecular flexibility index (Phi) is 19.4. The third-order valence-corrected chi connectivity index (χ3v) is 7.18. The summed E-state index contributed by atoms with van der Waals surface area (Å²) >= 11 is 0. The van der Waals surface area contributed by atoms with Crippen LogP contribution in [0.1, 0.15) is 68.1 Å². The minimum absolute atomic E-state index is 0.173. The molecule has 2 atom stereocenters. The highest BCUT2D eigenvalue weighted by atomic mass is 19.4. The Labute approximate surface area is 332 Å². The third kappa shape index (κ3) is 18.0. The highest BCUT2D eigenvalue weighted by Crippen LogP contribution is 2.33. The number of halogens is 6. The van der Waals surface area contributed by atoms with Crippen molar-refractivity contribution in [1.82, 2.24) is 5.32 Å². The van der Waals surface area contributed by atoms with Crippen LogP contribution in [-0.4, -0.2) is 119 Å². The maximum Gasteiger partial charge on any atom is 0.492 e. The minimum atomic E-state index is -5.08. The van der Waals surface area contributed by atoms with Gasteiger partial charge in [-0.15, -0.1) is 0 Å². The highest BCUT2D eigenvalue weighted by molar-refractivity contribution is 6.62. The molecule has 2 aliphatic heterocycles. The number of nitrogens with one attached hydrogen (secondary N) is 1. The topological polar surface area (TPSA) is 291 Å². The average Bonchev–Trinajstić information content (AvgIpc) is 3.55. The van der Waals surface area contributed by atoms with Crippen LogP contribution in [0.5, 0.6) is 11.5 Å². The molecule has 0 saturated carbocycles. The van der Waals surface area contributed by atoms with Gasteiger partial charge in [-0.2, -0.15) is 26.3 Å². The SMILES string of the molecule is Cc1cc(OCCN)cc2c1C(CC(=O)O)OB2O.Cc1cc(OCCNC(=O)OC(C)(C)C)cc2c1C(CC(=O)O)OB2O.O=C(O)C(F)(F)F.O=C(O)C(F)(F)F. The highest BCUT2D eigenvalue weighted by Gasteiger charge is 2.40. The number of rotatable bonds is 11. The molecule has 2 aromatic rings. The Morgan fingerprint density at radius 2 is 1.07 bits per heavy atom. The molecule has 0 aliphatic carbocycles. The van der Waals surface area contributed by atoms with Gasteiger partial charge < -0.3 is 65.0 Å². The Balaban J connectivity index is 0.000000457. The molecule has 2 heterocycles. The van der Waals surface area contributed by atoms with Gasteiger partial charge in [0.25, 0.3) is 0 Å². The number of hydrogen-bond donors (Lipinski definition) is 8. The van der Waals surface area contributed by atoms with Crippen LogP contribution in [0, 0.1) is 13.8 Å².